The van der Waals surface area contributed by atoms with Crippen LogP contribution in [0.2, 0.25) is 0 Å². The van der Waals surface area contributed by atoms with Gasteiger partial charge in [0.25, 0.3) is 5.91 Å². The Morgan fingerprint density at radius 1 is 0.969 bits per heavy atom. The predicted octanol–water partition coefficient (Wildman–Crippen LogP) is 4.53. The Balaban J connectivity index is 1.37. The fourth-order valence-corrected chi connectivity index (χ4v) is 3.16. The number of amides is 1. The van der Waals surface area contributed by atoms with Crippen LogP contribution in [0.4, 0.5) is 4.39 Å². The molecule has 0 saturated carbocycles. The van der Waals surface area contributed by atoms with E-state index in [4.69, 9.17) is 9.47 Å². The molecule has 0 atom stereocenters. The van der Waals surface area contributed by atoms with Gasteiger partial charge in [-0.05, 0) is 47.5 Å². The van der Waals surface area contributed by atoms with Crippen LogP contribution in [0, 0.1) is 5.82 Å². The van der Waals surface area contributed by atoms with E-state index in [2.05, 4.69) is 10.4 Å². The van der Waals surface area contributed by atoms with Gasteiger partial charge in [0.05, 0.1) is 12.8 Å². The van der Waals surface area contributed by atoms with Crippen molar-refractivity contribution in [1.29, 1.82) is 0 Å². The highest BCUT2D eigenvalue weighted by molar-refractivity contribution is 5.92. The van der Waals surface area contributed by atoms with E-state index in [9.17, 15) is 9.18 Å². The van der Waals surface area contributed by atoms with Crippen LogP contribution in [0.5, 0.6) is 11.5 Å². The molecule has 0 unspecified atom stereocenters. The molecule has 0 saturated heterocycles. The lowest BCUT2D eigenvalue weighted by Crippen LogP contribution is -2.23. The predicted molar refractivity (Wildman–Crippen MR) is 118 cm³/mol. The summed E-state index contributed by atoms with van der Waals surface area (Å²) in [7, 11) is 1.58. The Labute approximate surface area is 185 Å². The third-order valence-electron chi connectivity index (χ3n) is 4.81. The third-order valence-corrected chi connectivity index (χ3v) is 4.81. The van der Waals surface area contributed by atoms with Crippen LogP contribution in [0.1, 0.15) is 21.6 Å². The Hall–Kier alpha value is -4.13. The van der Waals surface area contributed by atoms with Gasteiger partial charge in [-0.1, -0.05) is 42.5 Å². The van der Waals surface area contributed by atoms with Gasteiger partial charge >= 0.3 is 0 Å². The van der Waals surface area contributed by atoms with Gasteiger partial charge in [-0.25, -0.2) is 9.07 Å². The lowest BCUT2D eigenvalue weighted by molar-refractivity contribution is 0.0945. The Morgan fingerprint density at radius 3 is 2.59 bits per heavy atom. The monoisotopic (exact) mass is 431 g/mol. The van der Waals surface area contributed by atoms with E-state index in [1.807, 2.05) is 48.5 Å². The molecule has 0 aliphatic rings. The van der Waals surface area contributed by atoms with Crippen molar-refractivity contribution in [3.05, 3.63) is 108 Å². The first-order valence-corrected chi connectivity index (χ1v) is 10.1. The van der Waals surface area contributed by atoms with E-state index >= 15 is 0 Å². The van der Waals surface area contributed by atoms with Gasteiger partial charge in [0.1, 0.15) is 12.4 Å². The summed E-state index contributed by atoms with van der Waals surface area (Å²) in [6.07, 6.45) is 1.62. The first-order chi connectivity index (χ1) is 15.6. The maximum Gasteiger partial charge on any atom is 0.272 e. The molecule has 0 spiro atoms. The average Bonchev–Trinajstić information content (AvgIpc) is 3.33. The van der Waals surface area contributed by atoms with Crippen molar-refractivity contribution in [3.8, 4) is 17.2 Å². The number of carbonyl (C=O) groups excluding carboxylic acids is 1. The lowest BCUT2D eigenvalue weighted by Gasteiger charge is -2.12. The summed E-state index contributed by atoms with van der Waals surface area (Å²) < 4.78 is 26.2. The van der Waals surface area contributed by atoms with E-state index in [0.717, 1.165) is 11.1 Å². The molecule has 1 heterocycles. The molecule has 162 valence electrons. The molecule has 1 amide bonds. The fourth-order valence-electron chi connectivity index (χ4n) is 3.16. The van der Waals surface area contributed by atoms with Crippen LogP contribution < -0.4 is 14.8 Å². The van der Waals surface area contributed by atoms with Crippen molar-refractivity contribution < 1.29 is 18.7 Å². The fraction of sp³-hybridized carbons (Fsp3) is 0.120. The van der Waals surface area contributed by atoms with Crippen molar-refractivity contribution in [2.75, 3.05) is 7.11 Å². The summed E-state index contributed by atoms with van der Waals surface area (Å²) in [5, 5.41) is 7.06. The van der Waals surface area contributed by atoms with E-state index in [0.29, 0.717) is 30.3 Å². The SMILES string of the molecule is COc1cc(CNC(=O)c2ccn(-c3cccc(F)c3)n2)ccc1OCc1ccccc1. The van der Waals surface area contributed by atoms with Crippen LogP contribution in [0.15, 0.2) is 85.1 Å². The zero-order chi connectivity index (χ0) is 22.3. The second-order valence-electron chi connectivity index (χ2n) is 7.07. The standard InChI is InChI=1S/C25H22FN3O3/c1-31-24-14-19(10-11-23(24)32-17-18-6-3-2-4-7-18)16-27-25(30)22-12-13-29(28-22)21-9-5-8-20(26)15-21/h2-15H,16-17H2,1H3,(H,27,30). The van der Waals surface area contributed by atoms with Crippen molar-refractivity contribution >= 4 is 5.91 Å². The molecule has 3 aromatic carbocycles. The van der Waals surface area contributed by atoms with Crippen molar-refractivity contribution in [2.45, 2.75) is 13.2 Å². The number of carbonyl (C=O) groups is 1. The third kappa shape index (κ3) is 5.13. The van der Waals surface area contributed by atoms with Gasteiger partial charge < -0.3 is 14.8 Å². The Bertz CT molecular complexity index is 1210. The molecule has 6 nitrogen and oxygen atoms in total. The molecule has 32 heavy (non-hydrogen) atoms. The Morgan fingerprint density at radius 2 is 1.81 bits per heavy atom. The van der Waals surface area contributed by atoms with Gasteiger partial charge in [-0.3, -0.25) is 4.79 Å². The number of nitrogens with zero attached hydrogens (tertiary/aromatic N) is 2. The van der Waals surface area contributed by atoms with Crippen molar-refractivity contribution in [1.82, 2.24) is 15.1 Å². The van der Waals surface area contributed by atoms with Crippen LogP contribution in [0.3, 0.4) is 0 Å². The normalized spacial score (nSPS) is 10.6. The van der Waals surface area contributed by atoms with Gasteiger partial charge in [-0.15, -0.1) is 0 Å². The lowest BCUT2D eigenvalue weighted by atomic mass is 10.2. The van der Waals surface area contributed by atoms with Crippen LogP contribution >= 0.6 is 0 Å². The second kappa shape index (κ2) is 9.78. The van der Waals surface area contributed by atoms with Crippen molar-refractivity contribution in [3.63, 3.8) is 0 Å². The summed E-state index contributed by atoms with van der Waals surface area (Å²) in [5.74, 6) is 0.515. The van der Waals surface area contributed by atoms with E-state index < -0.39 is 0 Å². The Kier molecular flexibility index (Phi) is 6.46. The molecule has 1 N–H and O–H groups in total. The van der Waals surface area contributed by atoms with E-state index in [-0.39, 0.29) is 17.4 Å². The summed E-state index contributed by atoms with van der Waals surface area (Å²) in [6.45, 7) is 0.724. The van der Waals surface area contributed by atoms with E-state index in [1.165, 1.54) is 16.8 Å². The number of halogens is 1. The molecule has 4 rings (SSSR count). The van der Waals surface area contributed by atoms with Crippen LogP contribution in [-0.2, 0) is 13.2 Å². The smallest absolute Gasteiger partial charge is 0.272 e. The molecule has 0 radical (unpaired) electrons. The van der Waals surface area contributed by atoms with Crippen molar-refractivity contribution in [2.24, 2.45) is 0 Å². The number of ether oxygens (including phenoxy) is 2. The number of aromatic nitrogens is 2. The second-order valence-corrected chi connectivity index (χ2v) is 7.07. The minimum absolute atomic E-state index is 0.240. The zero-order valence-corrected chi connectivity index (χ0v) is 17.5. The average molecular weight is 431 g/mol. The van der Waals surface area contributed by atoms with E-state index in [1.54, 1.807) is 31.5 Å². The van der Waals surface area contributed by atoms with Gasteiger partial charge in [0.15, 0.2) is 17.2 Å². The highest BCUT2D eigenvalue weighted by atomic mass is 19.1. The quantitative estimate of drug-likeness (QED) is 0.445. The first-order valence-electron chi connectivity index (χ1n) is 10.1. The first kappa shape index (κ1) is 21.1. The number of rotatable bonds is 8. The molecule has 1 aromatic heterocycles. The van der Waals surface area contributed by atoms with Gasteiger partial charge in [0.2, 0.25) is 0 Å². The summed E-state index contributed by atoms with van der Waals surface area (Å²) >= 11 is 0. The number of hydrogen-bond acceptors (Lipinski definition) is 4. The minimum Gasteiger partial charge on any atom is -0.493 e. The topological polar surface area (TPSA) is 65.4 Å². The highest BCUT2D eigenvalue weighted by Crippen LogP contribution is 2.29. The molecular weight excluding hydrogens is 409 g/mol. The molecule has 0 fully saturated rings. The molecule has 0 aliphatic heterocycles. The minimum atomic E-state index is -0.367. The van der Waals surface area contributed by atoms with Gasteiger partial charge in [-0.2, -0.15) is 5.10 Å². The molecule has 0 bridgehead atoms. The maximum absolute atomic E-state index is 13.4. The summed E-state index contributed by atoms with van der Waals surface area (Å²) in [6, 6.07) is 23.0. The number of nitrogens with one attached hydrogen (secondary N) is 1. The summed E-state index contributed by atoms with van der Waals surface area (Å²) in [5.41, 5.74) is 2.69. The zero-order valence-electron chi connectivity index (χ0n) is 17.5. The largest absolute Gasteiger partial charge is 0.493 e. The number of benzene rings is 3. The van der Waals surface area contributed by atoms with Gasteiger partial charge in [0, 0.05) is 12.7 Å². The molecule has 0 aliphatic carbocycles. The number of methoxy groups -OCH3 is 1. The molecule has 4 aromatic rings. The summed E-state index contributed by atoms with van der Waals surface area (Å²) in [4.78, 5) is 12.5. The number of hydrogen-bond donors (Lipinski definition) is 1. The maximum atomic E-state index is 13.4. The van der Waals surface area contributed by atoms with Crippen LogP contribution in [-0.4, -0.2) is 22.8 Å². The highest BCUT2D eigenvalue weighted by Gasteiger charge is 2.12. The molecule has 7 heteroatoms. The molecular formula is C25H22FN3O3. The van der Waals surface area contributed by atoms with Crippen LogP contribution in [0.25, 0.3) is 5.69 Å².